The van der Waals surface area contributed by atoms with Crippen molar-refractivity contribution < 1.29 is 15.0 Å². The zero-order valence-electron chi connectivity index (χ0n) is 11.0. The van der Waals surface area contributed by atoms with Crippen LogP contribution in [0.1, 0.15) is 16.1 Å². The molecule has 0 bridgehead atoms. The van der Waals surface area contributed by atoms with Crippen LogP contribution in [0.25, 0.3) is 16.8 Å². The molecule has 0 saturated carbocycles. The number of aromatic amines is 1. The minimum absolute atomic E-state index is 0.0440. The first kappa shape index (κ1) is 12.9. The lowest BCUT2D eigenvalue weighted by molar-refractivity contribution is 0.0690. The molecule has 0 aliphatic carbocycles. The fourth-order valence-corrected chi connectivity index (χ4v) is 2.10. The van der Waals surface area contributed by atoms with Gasteiger partial charge in [0.2, 0.25) is 5.88 Å². The van der Waals surface area contributed by atoms with Crippen molar-refractivity contribution in [2.45, 2.75) is 6.92 Å². The number of aromatic carboxylic acids is 1. The number of aryl methyl sites for hydroxylation is 1. The maximum atomic E-state index is 12.1. The predicted octanol–water partition coefficient (Wildman–Crippen LogP) is 1.40. The highest BCUT2D eigenvalue weighted by Crippen LogP contribution is 2.25. The van der Waals surface area contributed by atoms with Gasteiger partial charge in [0.25, 0.3) is 5.56 Å². The molecule has 0 aliphatic rings. The van der Waals surface area contributed by atoms with E-state index in [4.69, 9.17) is 5.11 Å². The van der Waals surface area contributed by atoms with E-state index in [9.17, 15) is 14.7 Å². The van der Waals surface area contributed by atoms with Crippen molar-refractivity contribution in [2.75, 3.05) is 0 Å². The van der Waals surface area contributed by atoms with Crippen LogP contribution in [0.2, 0.25) is 0 Å². The molecule has 2 heterocycles. The van der Waals surface area contributed by atoms with Crippen LogP contribution in [0, 0.1) is 6.92 Å². The second kappa shape index (κ2) is 4.48. The molecule has 7 nitrogen and oxygen atoms in total. The van der Waals surface area contributed by atoms with E-state index < -0.39 is 17.4 Å². The average Bonchev–Trinajstić information content (AvgIpc) is 2.85. The summed E-state index contributed by atoms with van der Waals surface area (Å²) in [6.07, 6.45) is 0. The van der Waals surface area contributed by atoms with Crippen LogP contribution >= 0.6 is 0 Å². The molecule has 7 heteroatoms. The summed E-state index contributed by atoms with van der Waals surface area (Å²) in [7, 11) is 0. The van der Waals surface area contributed by atoms with Gasteiger partial charge in [-0.2, -0.15) is 9.61 Å². The number of rotatable bonds is 2. The first-order chi connectivity index (χ1) is 9.97. The zero-order chi connectivity index (χ0) is 15.1. The number of hydrogen-bond acceptors (Lipinski definition) is 4. The van der Waals surface area contributed by atoms with Crippen LogP contribution in [0.4, 0.5) is 0 Å². The summed E-state index contributed by atoms with van der Waals surface area (Å²) < 4.78 is 1.00. The summed E-state index contributed by atoms with van der Waals surface area (Å²) in [5.74, 6) is -1.64. The number of nitrogens with one attached hydrogen (secondary N) is 1. The van der Waals surface area contributed by atoms with Gasteiger partial charge in [-0.15, -0.1) is 0 Å². The smallest absolute Gasteiger partial charge is 0.356 e. The Labute approximate surface area is 118 Å². The Bertz CT molecular complexity index is 906. The van der Waals surface area contributed by atoms with Crippen LogP contribution in [0.5, 0.6) is 5.88 Å². The quantitative estimate of drug-likeness (QED) is 0.659. The van der Waals surface area contributed by atoms with Crippen LogP contribution in [-0.2, 0) is 0 Å². The van der Waals surface area contributed by atoms with Crippen molar-refractivity contribution in [3.05, 3.63) is 51.9 Å². The van der Waals surface area contributed by atoms with Crippen molar-refractivity contribution in [3.63, 3.8) is 0 Å². The molecular formula is C14H11N3O4. The van der Waals surface area contributed by atoms with E-state index in [1.54, 1.807) is 12.1 Å². The van der Waals surface area contributed by atoms with Gasteiger partial charge in [-0.3, -0.25) is 4.79 Å². The SMILES string of the molecule is Cc1ccc(-c2c(O)n3nc(C(=O)O)cc3[nH]c2=O)cc1. The molecule has 2 aromatic heterocycles. The number of aromatic hydroxyl groups is 1. The second-order valence-corrected chi connectivity index (χ2v) is 4.65. The summed E-state index contributed by atoms with van der Waals surface area (Å²) in [6.45, 7) is 1.91. The van der Waals surface area contributed by atoms with E-state index in [1.165, 1.54) is 6.07 Å². The molecule has 106 valence electrons. The summed E-state index contributed by atoms with van der Waals surface area (Å²) >= 11 is 0. The monoisotopic (exact) mass is 285 g/mol. The van der Waals surface area contributed by atoms with Crippen LogP contribution in [0.3, 0.4) is 0 Å². The lowest BCUT2D eigenvalue weighted by atomic mass is 10.1. The minimum atomic E-state index is -1.24. The Morgan fingerprint density at radius 1 is 1.29 bits per heavy atom. The zero-order valence-corrected chi connectivity index (χ0v) is 11.0. The molecule has 0 radical (unpaired) electrons. The largest absolute Gasteiger partial charge is 0.493 e. The highest BCUT2D eigenvalue weighted by Gasteiger charge is 2.17. The van der Waals surface area contributed by atoms with Gasteiger partial charge in [0, 0.05) is 6.07 Å². The van der Waals surface area contributed by atoms with Gasteiger partial charge in [0.15, 0.2) is 5.69 Å². The number of aromatic nitrogens is 3. The number of carboxylic acid groups (broad SMARTS) is 1. The molecule has 0 unspecified atom stereocenters. The summed E-state index contributed by atoms with van der Waals surface area (Å²) in [4.78, 5) is 25.5. The van der Waals surface area contributed by atoms with Crippen molar-refractivity contribution in [3.8, 4) is 17.0 Å². The third kappa shape index (κ3) is 2.04. The molecule has 0 fully saturated rings. The topological polar surface area (TPSA) is 108 Å². The molecular weight excluding hydrogens is 274 g/mol. The van der Waals surface area contributed by atoms with E-state index in [1.807, 2.05) is 19.1 Å². The van der Waals surface area contributed by atoms with Gasteiger partial charge in [0.05, 0.1) is 0 Å². The molecule has 3 rings (SSSR count). The van der Waals surface area contributed by atoms with Crippen molar-refractivity contribution in [1.29, 1.82) is 0 Å². The fourth-order valence-electron chi connectivity index (χ4n) is 2.10. The minimum Gasteiger partial charge on any atom is -0.493 e. The number of fused-ring (bicyclic) bond motifs is 1. The third-order valence-corrected chi connectivity index (χ3v) is 3.16. The Kier molecular flexibility index (Phi) is 2.76. The van der Waals surface area contributed by atoms with E-state index in [0.717, 1.165) is 10.1 Å². The van der Waals surface area contributed by atoms with Gasteiger partial charge in [-0.1, -0.05) is 29.8 Å². The van der Waals surface area contributed by atoms with Gasteiger partial charge in [-0.25, -0.2) is 4.79 Å². The van der Waals surface area contributed by atoms with Gasteiger partial charge in [-0.05, 0) is 12.5 Å². The number of nitrogens with zero attached hydrogens (tertiary/aromatic N) is 2. The van der Waals surface area contributed by atoms with Gasteiger partial charge >= 0.3 is 5.97 Å². The molecule has 21 heavy (non-hydrogen) atoms. The molecule has 3 N–H and O–H groups in total. The molecule has 0 atom stereocenters. The lowest BCUT2D eigenvalue weighted by Gasteiger charge is -2.05. The fraction of sp³-hybridized carbons (Fsp3) is 0.0714. The maximum absolute atomic E-state index is 12.1. The van der Waals surface area contributed by atoms with E-state index in [0.29, 0.717) is 5.56 Å². The summed E-state index contributed by atoms with van der Waals surface area (Å²) in [5.41, 5.74) is 0.924. The average molecular weight is 285 g/mol. The first-order valence-electron chi connectivity index (χ1n) is 6.12. The molecule has 1 aromatic carbocycles. The highest BCUT2D eigenvalue weighted by molar-refractivity contribution is 5.87. The lowest BCUT2D eigenvalue weighted by Crippen LogP contribution is -2.12. The normalized spacial score (nSPS) is 10.9. The van der Waals surface area contributed by atoms with E-state index in [2.05, 4.69) is 10.1 Å². The van der Waals surface area contributed by atoms with E-state index >= 15 is 0 Å². The molecule has 3 aromatic rings. The summed E-state index contributed by atoms with van der Waals surface area (Å²) in [6, 6.07) is 8.21. The van der Waals surface area contributed by atoms with Crippen molar-refractivity contribution >= 4 is 11.6 Å². The second-order valence-electron chi connectivity index (χ2n) is 4.65. The number of carboxylic acids is 1. The Hall–Kier alpha value is -3.09. The number of benzene rings is 1. The standard InChI is InChI=1S/C14H11N3O4/c1-7-2-4-8(5-3-7)11-12(18)15-10-6-9(14(20)21)16-17(10)13(11)19/h2-6,19H,1H3,(H,15,18)(H,20,21). The summed E-state index contributed by atoms with van der Waals surface area (Å²) in [5, 5.41) is 22.9. The molecule has 0 aliphatic heterocycles. The van der Waals surface area contributed by atoms with Crippen LogP contribution in [-0.4, -0.2) is 30.8 Å². The van der Waals surface area contributed by atoms with Crippen molar-refractivity contribution in [2.24, 2.45) is 0 Å². The highest BCUT2D eigenvalue weighted by atomic mass is 16.4. The first-order valence-corrected chi connectivity index (χ1v) is 6.12. The van der Waals surface area contributed by atoms with Gasteiger partial charge < -0.3 is 15.2 Å². The Morgan fingerprint density at radius 3 is 2.57 bits per heavy atom. The van der Waals surface area contributed by atoms with Crippen LogP contribution < -0.4 is 5.56 Å². The third-order valence-electron chi connectivity index (χ3n) is 3.16. The van der Waals surface area contributed by atoms with Crippen molar-refractivity contribution in [1.82, 2.24) is 14.6 Å². The Morgan fingerprint density at radius 2 is 1.95 bits per heavy atom. The van der Waals surface area contributed by atoms with E-state index in [-0.39, 0.29) is 16.9 Å². The Balaban J connectivity index is 2.30. The predicted molar refractivity (Wildman–Crippen MR) is 74.6 cm³/mol. The maximum Gasteiger partial charge on any atom is 0.356 e. The molecule has 0 amide bonds. The number of H-pyrrole nitrogens is 1. The van der Waals surface area contributed by atoms with Crippen LogP contribution in [0.15, 0.2) is 35.1 Å². The number of carbonyl (C=O) groups is 1. The number of hydrogen-bond donors (Lipinski definition) is 3. The van der Waals surface area contributed by atoms with Gasteiger partial charge in [0.1, 0.15) is 11.2 Å². The molecule has 0 saturated heterocycles. The molecule has 0 spiro atoms.